The molecule has 4 rings (SSSR count). The van der Waals surface area contributed by atoms with Gasteiger partial charge in [0.15, 0.2) is 0 Å². The van der Waals surface area contributed by atoms with E-state index in [-0.39, 0.29) is 11.4 Å². The number of fused-ring (bicyclic) bond motifs is 1. The zero-order chi connectivity index (χ0) is 20.8. The van der Waals surface area contributed by atoms with E-state index in [1.165, 1.54) is 12.1 Å². The lowest BCUT2D eigenvalue weighted by molar-refractivity contribution is 0.160. The van der Waals surface area contributed by atoms with Crippen molar-refractivity contribution in [2.75, 3.05) is 18.9 Å². The van der Waals surface area contributed by atoms with Crippen molar-refractivity contribution in [3.63, 3.8) is 0 Å². The second-order valence-corrected chi connectivity index (χ2v) is 8.32. The van der Waals surface area contributed by atoms with Crippen molar-refractivity contribution in [3.8, 4) is 17.3 Å². The Bertz CT molecular complexity index is 1110. The highest BCUT2D eigenvalue weighted by Gasteiger charge is 2.35. The summed E-state index contributed by atoms with van der Waals surface area (Å²) in [6, 6.07) is 14.4. The molecule has 1 aromatic heterocycles. The van der Waals surface area contributed by atoms with Crippen molar-refractivity contribution in [3.05, 3.63) is 65.2 Å². The minimum absolute atomic E-state index is 0.182. The van der Waals surface area contributed by atoms with Crippen LogP contribution in [0, 0.1) is 24.1 Å². The average Bonchev–Trinajstić information content (AvgIpc) is 3.02. The fraction of sp³-hybridized carbons (Fsp3) is 0.304. The van der Waals surface area contributed by atoms with E-state index in [4.69, 9.17) is 4.98 Å². The second kappa shape index (κ2) is 7.02. The number of hydrogen-bond donors (Lipinski definition) is 1. The van der Waals surface area contributed by atoms with Gasteiger partial charge >= 0.3 is 0 Å². The van der Waals surface area contributed by atoms with Gasteiger partial charge in [0.1, 0.15) is 23.2 Å². The number of anilines is 2. The first-order valence-electron chi connectivity index (χ1n) is 9.63. The molecule has 0 saturated carbocycles. The quantitative estimate of drug-likeness (QED) is 0.699. The van der Waals surface area contributed by atoms with Gasteiger partial charge in [-0.25, -0.2) is 9.37 Å². The van der Waals surface area contributed by atoms with E-state index < -0.39 is 0 Å². The van der Waals surface area contributed by atoms with E-state index >= 15 is 0 Å². The Morgan fingerprint density at radius 1 is 1.17 bits per heavy atom. The summed E-state index contributed by atoms with van der Waals surface area (Å²) in [6.07, 6.45) is 0. The molecule has 0 amide bonds. The fourth-order valence-corrected chi connectivity index (χ4v) is 4.13. The molecule has 0 saturated heterocycles. The largest absolute Gasteiger partial charge is 0.340 e. The molecule has 0 bridgehead atoms. The fourth-order valence-electron chi connectivity index (χ4n) is 4.13. The maximum Gasteiger partial charge on any atom is 0.139 e. The number of nitrogens with zero attached hydrogens (tertiary/aromatic N) is 4. The van der Waals surface area contributed by atoms with Crippen LogP contribution in [0.2, 0.25) is 0 Å². The van der Waals surface area contributed by atoms with Gasteiger partial charge in [-0.2, -0.15) is 5.26 Å². The summed E-state index contributed by atoms with van der Waals surface area (Å²) in [4.78, 5) is 7.17. The molecule has 0 aliphatic carbocycles. The Morgan fingerprint density at radius 2 is 1.90 bits per heavy atom. The number of nitriles is 1. The minimum Gasteiger partial charge on any atom is -0.340 e. The number of aromatic nitrogens is 2. The van der Waals surface area contributed by atoms with Crippen LogP contribution in [0.3, 0.4) is 0 Å². The van der Waals surface area contributed by atoms with Gasteiger partial charge in [0.25, 0.3) is 0 Å². The third kappa shape index (κ3) is 3.50. The summed E-state index contributed by atoms with van der Waals surface area (Å²) in [6.45, 7) is 7.90. The van der Waals surface area contributed by atoms with Crippen LogP contribution in [0.15, 0.2) is 42.5 Å². The van der Waals surface area contributed by atoms with Gasteiger partial charge < -0.3 is 9.88 Å². The van der Waals surface area contributed by atoms with Crippen LogP contribution in [0.25, 0.3) is 11.3 Å². The topological polar surface area (TPSA) is 56.9 Å². The van der Waals surface area contributed by atoms with Crippen molar-refractivity contribution in [2.24, 2.45) is 0 Å². The molecule has 1 aliphatic heterocycles. The second-order valence-electron chi connectivity index (χ2n) is 8.32. The van der Waals surface area contributed by atoms with Gasteiger partial charge in [0.05, 0.1) is 23.7 Å². The first kappa shape index (κ1) is 19.2. The lowest BCUT2D eigenvalue weighted by Gasteiger charge is -2.39. The molecule has 0 fully saturated rings. The lowest BCUT2D eigenvalue weighted by Crippen LogP contribution is -2.45. The van der Waals surface area contributed by atoms with Crippen LogP contribution in [0.5, 0.6) is 0 Å². The van der Waals surface area contributed by atoms with Crippen LogP contribution >= 0.6 is 0 Å². The molecule has 148 valence electrons. The number of rotatable bonds is 3. The molecule has 5 nitrogen and oxygen atoms in total. The van der Waals surface area contributed by atoms with Gasteiger partial charge in [-0.05, 0) is 69.8 Å². The molecular weight excluding hydrogens is 365 g/mol. The molecule has 0 unspecified atom stereocenters. The van der Waals surface area contributed by atoms with Crippen LogP contribution in [0.1, 0.15) is 30.8 Å². The van der Waals surface area contributed by atoms with E-state index in [1.54, 1.807) is 12.1 Å². The molecule has 1 aliphatic rings. The molecule has 1 N–H and O–H groups in total. The first-order valence-corrected chi connectivity index (χ1v) is 9.63. The lowest BCUT2D eigenvalue weighted by atomic mass is 10.0. The van der Waals surface area contributed by atoms with E-state index in [1.807, 2.05) is 25.1 Å². The van der Waals surface area contributed by atoms with Crippen LogP contribution < -0.4 is 5.32 Å². The molecule has 0 spiro atoms. The van der Waals surface area contributed by atoms with Gasteiger partial charge in [0.2, 0.25) is 0 Å². The molecule has 2 aromatic carbocycles. The highest BCUT2D eigenvalue weighted by atomic mass is 19.1. The number of aryl methyl sites for hydroxylation is 1. The Hall–Kier alpha value is -3.17. The summed E-state index contributed by atoms with van der Waals surface area (Å²) in [5, 5.41) is 12.9. The number of halogens is 1. The van der Waals surface area contributed by atoms with Crippen LogP contribution in [-0.4, -0.2) is 28.0 Å². The SMILES string of the molecule is Cc1ccc(Nc2c(-c3ccc(F)cc3)nc3n2C(C)(C)CN(C)C3)cc1C#N. The number of likely N-dealkylation sites (N-methyl/N-ethyl adjacent to an activating group) is 1. The molecule has 3 aromatic rings. The van der Waals surface area contributed by atoms with E-state index in [0.29, 0.717) is 5.56 Å². The Morgan fingerprint density at radius 3 is 2.59 bits per heavy atom. The van der Waals surface area contributed by atoms with Gasteiger partial charge in [-0.15, -0.1) is 0 Å². The summed E-state index contributed by atoms with van der Waals surface area (Å²) in [5.74, 6) is 1.54. The Balaban J connectivity index is 1.89. The summed E-state index contributed by atoms with van der Waals surface area (Å²) < 4.78 is 15.7. The number of hydrogen-bond acceptors (Lipinski definition) is 4. The average molecular weight is 389 g/mol. The normalized spacial score (nSPS) is 15.6. The Labute approximate surface area is 170 Å². The highest BCUT2D eigenvalue weighted by Crippen LogP contribution is 2.38. The first-order chi connectivity index (χ1) is 13.8. The molecule has 0 radical (unpaired) electrons. The van der Waals surface area contributed by atoms with E-state index in [0.717, 1.165) is 47.2 Å². The van der Waals surface area contributed by atoms with Crippen molar-refractivity contribution in [2.45, 2.75) is 32.9 Å². The molecule has 0 atom stereocenters. The predicted molar refractivity (Wildman–Crippen MR) is 112 cm³/mol. The third-order valence-electron chi connectivity index (χ3n) is 5.36. The third-order valence-corrected chi connectivity index (χ3v) is 5.36. The van der Waals surface area contributed by atoms with Crippen molar-refractivity contribution in [1.29, 1.82) is 5.26 Å². The molecular formula is C23H24FN5. The van der Waals surface area contributed by atoms with Gasteiger partial charge in [-0.1, -0.05) is 6.07 Å². The monoisotopic (exact) mass is 389 g/mol. The number of nitrogens with one attached hydrogen (secondary N) is 1. The maximum atomic E-state index is 13.5. The molecule has 6 heteroatoms. The van der Waals surface area contributed by atoms with E-state index in [9.17, 15) is 9.65 Å². The van der Waals surface area contributed by atoms with Crippen LogP contribution in [0.4, 0.5) is 15.9 Å². The summed E-state index contributed by atoms with van der Waals surface area (Å²) >= 11 is 0. The standard InChI is InChI=1S/C23H24FN5/c1-15-5-10-19(11-17(15)12-25)26-22-21(16-6-8-18(24)9-7-16)27-20-13-28(4)14-23(2,3)29(20)22/h5-11,26H,13-14H2,1-4H3. The Kier molecular flexibility index (Phi) is 4.64. The van der Waals surface area contributed by atoms with Gasteiger partial charge in [0, 0.05) is 17.8 Å². The number of imidazole rings is 1. The highest BCUT2D eigenvalue weighted by molar-refractivity contribution is 5.77. The van der Waals surface area contributed by atoms with Crippen molar-refractivity contribution >= 4 is 11.5 Å². The van der Waals surface area contributed by atoms with Crippen molar-refractivity contribution < 1.29 is 4.39 Å². The predicted octanol–water partition coefficient (Wildman–Crippen LogP) is 4.79. The smallest absolute Gasteiger partial charge is 0.139 e. The minimum atomic E-state index is -0.274. The summed E-state index contributed by atoms with van der Waals surface area (Å²) in [7, 11) is 2.09. The summed E-state index contributed by atoms with van der Waals surface area (Å²) in [5.41, 5.74) is 3.85. The van der Waals surface area contributed by atoms with E-state index in [2.05, 4.69) is 41.7 Å². The molecule has 29 heavy (non-hydrogen) atoms. The zero-order valence-corrected chi connectivity index (χ0v) is 17.1. The zero-order valence-electron chi connectivity index (χ0n) is 17.1. The molecule has 2 heterocycles. The van der Waals surface area contributed by atoms with Gasteiger partial charge in [-0.3, -0.25) is 4.90 Å². The van der Waals surface area contributed by atoms with Crippen molar-refractivity contribution in [1.82, 2.24) is 14.5 Å². The van der Waals surface area contributed by atoms with Crippen LogP contribution in [-0.2, 0) is 12.1 Å². The number of benzene rings is 2. The maximum absolute atomic E-state index is 13.5.